The Hall–Kier alpha value is -0.240. The van der Waals surface area contributed by atoms with Crippen molar-refractivity contribution in [2.45, 2.75) is 46.0 Å². The molecule has 0 bridgehead atoms. The molecule has 1 saturated carbocycles. The molecule has 1 aliphatic rings. The summed E-state index contributed by atoms with van der Waals surface area (Å²) >= 11 is 12.5. The predicted octanol–water partition coefficient (Wildman–Crippen LogP) is 5.34. The molecule has 0 aromatic heterocycles. The van der Waals surface area contributed by atoms with Gasteiger partial charge in [0.1, 0.15) is 0 Å². The second kappa shape index (κ2) is 7.15. The van der Waals surface area contributed by atoms with Gasteiger partial charge in [0, 0.05) is 6.54 Å². The van der Waals surface area contributed by atoms with Gasteiger partial charge in [-0.25, -0.2) is 0 Å². The average Bonchev–Trinajstić information content (AvgIpc) is 2.83. The van der Waals surface area contributed by atoms with E-state index in [1.165, 1.54) is 31.2 Å². The van der Waals surface area contributed by atoms with Gasteiger partial charge in [-0.3, -0.25) is 0 Å². The second-order valence-electron chi connectivity index (χ2n) is 6.62. The van der Waals surface area contributed by atoms with Crippen molar-refractivity contribution >= 4 is 23.2 Å². The normalized spacial score (nSPS) is 17.9. The van der Waals surface area contributed by atoms with Crippen molar-refractivity contribution in [2.75, 3.05) is 13.1 Å². The zero-order valence-corrected chi connectivity index (χ0v) is 14.0. The van der Waals surface area contributed by atoms with Crippen LogP contribution in [0.25, 0.3) is 0 Å². The highest BCUT2D eigenvalue weighted by Gasteiger charge is 2.34. The van der Waals surface area contributed by atoms with Gasteiger partial charge in [-0.05, 0) is 48.8 Å². The fourth-order valence-electron chi connectivity index (χ4n) is 3.26. The predicted molar refractivity (Wildman–Crippen MR) is 88.8 cm³/mol. The standard InChI is InChI=1S/C17H25Cl2N/c1-13(2)11-20-12-17(8-3-4-9-17)10-14-6-5-7-15(18)16(14)19/h5-7,13,20H,3-4,8-12H2,1-2H3. The summed E-state index contributed by atoms with van der Waals surface area (Å²) in [5, 5.41) is 5.06. The third-order valence-electron chi connectivity index (χ3n) is 4.31. The summed E-state index contributed by atoms with van der Waals surface area (Å²) in [4.78, 5) is 0. The quantitative estimate of drug-likeness (QED) is 0.747. The van der Waals surface area contributed by atoms with Crippen LogP contribution in [0.3, 0.4) is 0 Å². The fourth-order valence-corrected chi connectivity index (χ4v) is 3.64. The Balaban J connectivity index is 2.07. The van der Waals surface area contributed by atoms with Crippen molar-refractivity contribution in [3.63, 3.8) is 0 Å². The summed E-state index contributed by atoms with van der Waals surface area (Å²) in [5.74, 6) is 0.697. The summed E-state index contributed by atoms with van der Waals surface area (Å²) in [6.45, 7) is 6.68. The van der Waals surface area contributed by atoms with Gasteiger partial charge in [-0.15, -0.1) is 0 Å². The molecular formula is C17H25Cl2N. The Morgan fingerprint density at radius 1 is 1.20 bits per heavy atom. The van der Waals surface area contributed by atoms with Crippen molar-refractivity contribution < 1.29 is 0 Å². The molecule has 1 N–H and O–H groups in total. The monoisotopic (exact) mass is 313 g/mol. The molecule has 0 radical (unpaired) electrons. The lowest BCUT2D eigenvalue weighted by molar-refractivity contribution is 0.273. The topological polar surface area (TPSA) is 12.0 Å². The molecule has 1 aromatic carbocycles. The molecule has 0 heterocycles. The van der Waals surface area contributed by atoms with Crippen LogP contribution in [0.1, 0.15) is 45.1 Å². The van der Waals surface area contributed by atoms with Gasteiger partial charge in [0.15, 0.2) is 0 Å². The van der Waals surface area contributed by atoms with Crippen LogP contribution in [0.5, 0.6) is 0 Å². The number of nitrogens with one attached hydrogen (secondary N) is 1. The smallest absolute Gasteiger partial charge is 0.0624 e. The number of benzene rings is 1. The van der Waals surface area contributed by atoms with Gasteiger partial charge in [0.2, 0.25) is 0 Å². The van der Waals surface area contributed by atoms with E-state index in [-0.39, 0.29) is 0 Å². The van der Waals surface area contributed by atoms with Crippen LogP contribution in [0.15, 0.2) is 18.2 Å². The van der Waals surface area contributed by atoms with Crippen LogP contribution in [-0.4, -0.2) is 13.1 Å². The lowest BCUT2D eigenvalue weighted by Crippen LogP contribution is -2.35. The van der Waals surface area contributed by atoms with E-state index < -0.39 is 0 Å². The van der Waals surface area contributed by atoms with E-state index in [2.05, 4.69) is 25.2 Å². The van der Waals surface area contributed by atoms with Crippen LogP contribution >= 0.6 is 23.2 Å². The van der Waals surface area contributed by atoms with Gasteiger partial charge in [-0.1, -0.05) is 62.0 Å². The molecule has 1 nitrogen and oxygen atoms in total. The number of hydrogen-bond donors (Lipinski definition) is 1. The zero-order chi connectivity index (χ0) is 14.6. The first kappa shape index (κ1) is 16.1. The van der Waals surface area contributed by atoms with Gasteiger partial charge < -0.3 is 5.32 Å². The van der Waals surface area contributed by atoms with Crippen molar-refractivity contribution in [3.8, 4) is 0 Å². The third kappa shape index (κ3) is 4.13. The van der Waals surface area contributed by atoms with Crippen LogP contribution in [0.4, 0.5) is 0 Å². The highest BCUT2D eigenvalue weighted by molar-refractivity contribution is 6.42. The summed E-state index contributed by atoms with van der Waals surface area (Å²) in [6.07, 6.45) is 6.29. The van der Waals surface area contributed by atoms with Crippen molar-refractivity contribution in [2.24, 2.45) is 11.3 Å². The first-order valence-electron chi connectivity index (χ1n) is 7.66. The minimum Gasteiger partial charge on any atom is -0.316 e. The lowest BCUT2D eigenvalue weighted by atomic mass is 9.80. The molecule has 0 unspecified atom stereocenters. The van der Waals surface area contributed by atoms with Crippen molar-refractivity contribution in [3.05, 3.63) is 33.8 Å². The van der Waals surface area contributed by atoms with E-state index in [0.29, 0.717) is 16.4 Å². The molecule has 0 atom stereocenters. The molecule has 0 amide bonds. The Morgan fingerprint density at radius 2 is 1.90 bits per heavy atom. The number of rotatable bonds is 6. The lowest BCUT2D eigenvalue weighted by Gasteiger charge is -2.30. The van der Waals surface area contributed by atoms with E-state index in [1.807, 2.05) is 12.1 Å². The van der Waals surface area contributed by atoms with E-state index in [9.17, 15) is 0 Å². The minimum atomic E-state index is 0.364. The zero-order valence-electron chi connectivity index (χ0n) is 12.5. The van der Waals surface area contributed by atoms with Crippen LogP contribution in [0.2, 0.25) is 10.0 Å². The molecule has 20 heavy (non-hydrogen) atoms. The summed E-state index contributed by atoms with van der Waals surface area (Å²) in [5.41, 5.74) is 1.57. The molecule has 0 spiro atoms. The minimum absolute atomic E-state index is 0.364. The summed E-state index contributed by atoms with van der Waals surface area (Å²) in [7, 11) is 0. The average molecular weight is 314 g/mol. The van der Waals surface area contributed by atoms with Gasteiger partial charge in [0.25, 0.3) is 0 Å². The Labute approximate surface area is 133 Å². The third-order valence-corrected chi connectivity index (χ3v) is 5.17. The first-order chi connectivity index (χ1) is 9.52. The molecule has 0 saturated heterocycles. The molecule has 1 aliphatic carbocycles. The highest BCUT2D eigenvalue weighted by Crippen LogP contribution is 2.42. The Bertz CT molecular complexity index is 437. The highest BCUT2D eigenvalue weighted by atomic mass is 35.5. The van der Waals surface area contributed by atoms with E-state index in [4.69, 9.17) is 23.2 Å². The van der Waals surface area contributed by atoms with Crippen molar-refractivity contribution in [1.29, 1.82) is 0 Å². The Morgan fingerprint density at radius 3 is 2.55 bits per heavy atom. The van der Waals surface area contributed by atoms with Gasteiger partial charge in [-0.2, -0.15) is 0 Å². The van der Waals surface area contributed by atoms with Crippen LogP contribution in [0, 0.1) is 11.3 Å². The molecule has 3 heteroatoms. The molecule has 112 valence electrons. The number of hydrogen-bond acceptors (Lipinski definition) is 1. The maximum atomic E-state index is 6.37. The van der Waals surface area contributed by atoms with Crippen LogP contribution in [-0.2, 0) is 6.42 Å². The van der Waals surface area contributed by atoms with E-state index in [1.54, 1.807) is 0 Å². The molecule has 2 rings (SSSR count). The van der Waals surface area contributed by atoms with Gasteiger partial charge >= 0.3 is 0 Å². The first-order valence-corrected chi connectivity index (χ1v) is 8.42. The van der Waals surface area contributed by atoms with Crippen molar-refractivity contribution in [1.82, 2.24) is 5.32 Å². The van der Waals surface area contributed by atoms with E-state index >= 15 is 0 Å². The number of halogens is 2. The maximum Gasteiger partial charge on any atom is 0.0624 e. The molecule has 1 aromatic rings. The summed E-state index contributed by atoms with van der Waals surface area (Å²) in [6, 6.07) is 6.00. The molecule has 1 fully saturated rings. The van der Waals surface area contributed by atoms with Crippen LogP contribution < -0.4 is 5.32 Å². The SMILES string of the molecule is CC(C)CNCC1(Cc2cccc(Cl)c2Cl)CCCC1. The summed E-state index contributed by atoms with van der Waals surface area (Å²) < 4.78 is 0. The largest absolute Gasteiger partial charge is 0.316 e. The Kier molecular flexibility index (Phi) is 5.77. The van der Waals surface area contributed by atoms with Gasteiger partial charge in [0.05, 0.1) is 10.0 Å². The molecular weight excluding hydrogens is 289 g/mol. The maximum absolute atomic E-state index is 6.37. The second-order valence-corrected chi connectivity index (χ2v) is 7.41. The van der Waals surface area contributed by atoms with E-state index in [0.717, 1.165) is 24.5 Å². The fraction of sp³-hybridized carbons (Fsp3) is 0.647. The molecule has 0 aliphatic heterocycles.